The molecule has 4 rings (SSSR count). The first-order valence-corrected chi connectivity index (χ1v) is 7.90. The number of anilines is 1. The van der Waals surface area contributed by atoms with E-state index in [9.17, 15) is 18.0 Å². The molecule has 1 aliphatic heterocycles. The van der Waals surface area contributed by atoms with Gasteiger partial charge in [0, 0.05) is 17.7 Å². The first-order chi connectivity index (χ1) is 11.9. The number of halogens is 3. The molecular weight excluding hydrogens is 357 g/mol. The van der Waals surface area contributed by atoms with Crippen LogP contribution in [0, 0.1) is 0 Å². The molecule has 1 aliphatic rings. The van der Waals surface area contributed by atoms with Crippen molar-refractivity contribution in [2.24, 2.45) is 0 Å². The van der Waals surface area contributed by atoms with Crippen LogP contribution in [0.5, 0.6) is 11.5 Å². The SMILES string of the molecule is O=C(Nc1nc2cc3c(cc2s1)OCO3)c1cccc(C(F)(F)F)c1. The average Bonchev–Trinajstić information content (AvgIpc) is 3.16. The first-order valence-electron chi connectivity index (χ1n) is 7.09. The normalized spacial score (nSPS) is 13.2. The second-order valence-electron chi connectivity index (χ2n) is 5.22. The molecular formula is C16H9F3N2O3S. The lowest BCUT2D eigenvalue weighted by atomic mass is 10.1. The van der Waals surface area contributed by atoms with Crippen LogP contribution < -0.4 is 14.8 Å². The fourth-order valence-corrected chi connectivity index (χ4v) is 3.25. The number of thiazole rings is 1. The second kappa shape index (κ2) is 5.62. The number of amides is 1. The van der Waals surface area contributed by atoms with E-state index in [0.717, 1.165) is 16.8 Å². The van der Waals surface area contributed by atoms with Gasteiger partial charge in [-0.15, -0.1) is 0 Å². The third kappa shape index (κ3) is 2.98. The largest absolute Gasteiger partial charge is 0.454 e. The number of nitrogens with one attached hydrogen (secondary N) is 1. The minimum Gasteiger partial charge on any atom is -0.454 e. The number of rotatable bonds is 2. The van der Waals surface area contributed by atoms with E-state index in [1.807, 2.05) is 0 Å². The van der Waals surface area contributed by atoms with Gasteiger partial charge in [0.15, 0.2) is 16.6 Å². The zero-order chi connectivity index (χ0) is 17.6. The Labute approximate surface area is 143 Å². The van der Waals surface area contributed by atoms with Gasteiger partial charge in [0.25, 0.3) is 5.91 Å². The summed E-state index contributed by atoms with van der Waals surface area (Å²) in [5.74, 6) is 0.491. The number of fused-ring (bicyclic) bond motifs is 2. The van der Waals surface area contributed by atoms with E-state index in [0.29, 0.717) is 17.0 Å². The Morgan fingerprint density at radius 1 is 1.16 bits per heavy atom. The van der Waals surface area contributed by atoms with Crippen molar-refractivity contribution >= 4 is 32.6 Å². The van der Waals surface area contributed by atoms with Gasteiger partial charge in [0.05, 0.1) is 15.8 Å². The molecule has 1 N–H and O–H groups in total. The van der Waals surface area contributed by atoms with Crippen molar-refractivity contribution in [2.75, 3.05) is 12.1 Å². The quantitative estimate of drug-likeness (QED) is 0.735. The number of hydrogen-bond donors (Lipinski definition) is 1. The van der Waals surface area contributed by atoms with E-state index in [1.165, 1.54) is 23.5 Å². The summed E-state index contributed by atoms with van der Waals surface area (Å²) < 4.78 is 49.5. The van der Waals surface area contributed by atoms with Crippen LogP contribution in [0.3, 0.4) is 0 Å². The van der Waals surface area contributed by atoms with E-state index >= 15 is 0 Å². The van der Waals surface area contributed by atoms with Crippen molar-refractivity contribution in [2.45, 2.75) is 6.18 Å². The van der Waals surface area contributed by atoms with Gasteiger partial charge in [-0.1, -0.05) is 17.4 Å². The van der Waals surface area contributed by atoms with Gasteiger partial charge >= 0.3 is 6.18 Å². The van der Waals surface area contributed by atoms with Crippen molar-refractivity contribution in [1.29, 1.82) is 0 Å². The van der Waals surface area contributed by atoms with E-state index < -0.39 is 17.6 Å². The highest BCUT2D eigenvalue weighted by Crippen LogP contribution is 2.39. The maximum absolute atomic E-state index is 12.7. The van der Waals surface area contributed by atoms with E-state index in [4.69, 9.17) is 9.47 Å². The fourth-order valence-electron chi connectivity index (χ4n) is 2.38. The van der Waals surface area contributed by atoms with Gasteiger partial charge in [-0.2, -0.15) is 13.2 Å². The van der Waals surface area contributed by atoms with Crippen molar-refractivity contribution in [3.63, 3.8) is 0 Å². The maximum atomic E-state index is 12.7. The Morgan fingerprint density at radius 3 is 2.68 bits per heavy atom. The van der Waals surface area contributed by atoms with Crippen LogP contribution in [-0.4, -0.2) is 17.7 Å². The van der Waals surface area contributed by atoms with Gasteiger partial charge < -0.3 is 9.47 Å². The summed E-state index contributed by atoms with van der Waals surface area (Å²) in [6, 6.07) is 7.65. The molecule has 1 aromatic heterocycles. The monoisotopic (exact) mass is 366 g/mol. The summed E-state index contributed by atoms with van der Waals surface area (Å²) in [6.07, 6.45) is -4.51. The fraction of sp³-hybridized carbons (Fsp3) is 0.125. The van der Waals surface area contributed by atoms with Crippen molar-refractivity contribution < 1.29 is 27.4 Å². The minimum absolute atomic E-state index is 0.0942. The number of hydrogen-bond acceptors (Lipinski definition) is 5. The molecule has 0 spiro atoms. The predicted molar refractivity (Wildman–Crippen MR) is 85.1 cm³/mol. The topological polar surface area (TPSA) is 60.5 Å². The van der Waals surface area contributed by atoms with Crippen LogP contribution in [0.1, 0.15) is 15.9 Å². The van der Waals surface area contributed by atoms with Crippen LogP contribution >= 0.6 is 11.3 Å². The average molecular weight is 366 g/mol. The van der Waals surface area contributed by atoms with E-state index in [1.54, 1.807) is 12.1 Å². The number of carbonyl (C=O) groups excluding carboxylic acids is 1. The molecule has 9 heteroatoms. The third-order valence-corrected chi connectivity index (χ3v) is 4.49. The Kier molecular flexibility index (Phi) is 3.53. The van der Waals surface area contributed by atoms with Crippen molar-refractivity contribution in [3.05, 3.63) is 47.5 Å². The number of ether oxygens (including phenoxy) is 2. The number of nitrogens with zero attached hydrogens (tertiary/aromatic N) is 1. The summed E-state index contributed by atoms with van der Waals surface area (Å²) >= 11 is 1.20. The summed E-state index contributed by atoms with van der Waals surface area (Å²) in [5, 5.41) is 2.80. The molecule has 0 bridgehead atoms. The lowest BCUT2D eigenvalue weighted by Crippen LogP contribution is -2.13. The summed E-state index contributed by atoms with van der Waals surface area (Å²) in [6.45, 7) is 0.145. The molecule has 5 nitrogen and oxygen atoms in total. The van der Waals surface area contributed by atoms with Gasteiger partial charge in [0.2, 0.25) is 6.79 Å². The molecule has 2 heterocycles. The molecule has 0 fully saturated rings. The highest BCUT2D eigenvalue weighted by atomic mass is 32.1. The molecule has 0 atom stereocenters. The summed E-state index contributed by atoms with van der Waals surface area (Å²) in [4.78, 5) is 16.5. The molecule has 0 unspecified atom stereocenters. The summed E-state index contributed by atoms with van der Waals surface area (Å²) in [7, 11) is 0. The van der Waals surface area contributed by atoms with Crippen molar-refractivity contribution in [3.8, 4) is 11.5 Å². The number of benzene rings is 2. The molecule has 0 saturated carbocycles. The van der Waals surface area contributed by atoms with Crippen LogP contribution in [0.2, 0.25) is 0 Å². The van der Waals surface area contributed by atoms with Gasteiger partial charge in [-0.25, -0.2) is 4.98 Å². The van der Waals surface area contributed by atoms with Gasteiger partial charge in [-0.05, 0) is 18.2 Å². The van der Waals surface area contributed by atoms with Gasteiger partial charge in [0.1, 0.15) is 0 Å². The number of carbonyl (C=O) groups is 1. The van der Waals surface area contributed by atoms with Crippen LogP contribution in [0.15, 0.2) is 36.4 Å². The lowest BCUT2D eigenvalue weighted by Gasteiger charge is -2.08. The molecule has 3 aromatic rings. The Hall–Kier alpha value is -2.81. The maximum Gasteiger partial charge on any atom is 0.416 e. The Balaban J connectivity index is 1.60. The zero-order valence-electron chi connectivity index (χ0n) is 12.4. The lowest BCUT2D eigenvalue weighted by molar-refractivity contribution is -0.137. The minimum atomic E-state index is -4.51. The number of alkyl halides is 3. The third-order valence-electron chi connectivity index (χ3n) is 3.56. The highest BCUT2D eigenvalue weighted by Gasteiger charge is 2.31. The van der Waals surface area contributed by atoms with E-state index in [2.05, 4.69) is 10.3 Å². The first kappa shape index (κ1) is 15.7. The molecule has 0 aliphatic carbocycles. The van der Waals surface area contributed by atoms with Crippen LogP contribution in [0.4, 0.5) is 18.3 Å². The molecule has 25 heavy (non-hydrogen) atoms. The van der Waals surface area contributed by atoms with Crippen LogP contribution in [-0.2, 0) is 6.18 Å². The molecule has 128 valence electrons. The zero-order valence-corrected chi connectivity index (χ0v) is 13.2. The standard InChI is InChI=1S/C16H9F3N2O3S/c17-16(18,19)9-3-1-2-8(4-9)14(22)21-15-20-10-5-11-12(24-7-23-11)6-13(10)25-15/h1-6H,7H2,(H,20,21,22). The second-order valence-corrected chi connectivity index (χ2v) is 6.26. The summed E-state index contributed by atoms with van der Waals surface area (Å²) in [5.41, 5.74) is -0.369. The van der Waals surface area contributed by atoms with Crippen molar-refractivity contribution in [1.82, 2.24) is 4.98 Å². The molecule has 0 saturated heterocycles. The van der Waals surface area contributed by atoms with Gasteiger partial charge in [-0.3, -0.25) is 10.1 Å². The Morgan fingerprint density at radius 2 is 1.92 bits per heavy atom. The Bertz CT molecular complexity index is 943. The smallest absolute Gasteiger partial charge is 0.416 e. The molecule has 1 amide bonds. The van der Waals surface area contributed by atoms with E-state index in [-0.39, 0.29) is 17.5 Å². The number of aromatic nitrogens is 1. The predicted octanol–water partition coefficient (Wildman–Crippen LogP) is 4.30. The molecule has 2 aromatic carbocycles. The highest BCUT2D eigenvalue weighted by molar-refractivity contribution is 7.22. The molecule has 0 radical (unpaired) electrons. The van der Waals surface area contributed by atoms with Crippen LogP contribution in [0.25, 0.3) is 10.2 Å².